The number of fused-ring (bicyclic) bond motifs is 1. The lowest BCUT2D eigenvalue weighted by Gasteiger charge is -2.33. The second-order valence-corrected chi connectivity index (χ2v) is 11.1. The van der Waals surface area contributed by atoms with Crippen molar-refractivity contribution in [3.63, 3.8) is 0 Å². The summed E-state index contributed by atoms with van der Waals surface area (Å²) < 4.78 is 13.7. The number of rotatable bonds is 7. The first-order valence-electron chi connectivity index (χ1n) is 12.5. The van der Waals surface area contributed by atoms with Crippen molar-refractivity contribution in [2.75, 3.05) is 17.2 Å². The molecule has 9 nitrogen and oxygen atoms in total. The summed E-state index contributed by atoms with van der Waals surface area (Å²) in [6.07, 6.45) is 7.22. The number of anilines is 2. The lowest BCUT2D eigenvalue weighted by Crippen LogP contribution is -2.45. The highest BCUT2D eigenvalue weighted by atomic mass is 19.1. The molecule has 11 heteroatoms. The summed E-state index contributed by atoms with van der Waals surface area (Å²) in [5.74, 6) is -0.565. The van der Waals surface area contributed by atoms with E-state index in [4.69, 9.17) is 0 Å². The molecule has 0 bridgehead atoms. The zero-order valence-corrected chi connectivity index (χ0v) is 21.9. The Labute approximate surface area is 222 Å². The molecule has 2 aromatic heterocycles. The van der Waals surface area contributed by atoms with Crippen LogP contribution < -0.4 is 21.6 Å². The second kappa shape index (κ2) is 9.51. The fourth-order valence-corrected chi connectivity index (χ4v) is 4.48. The highest BCUT2D eigenvalue weighted by Crippen LogP contribution is 2.37. The summed E-state index contributed by atoms with van der Waals surface area (Å²) in [5.41, 5.74) is 9.66. The number of pyridine rings is 2. The summed E-state index contributed by atoms with van der Waals surface area (Å²) in [6.45, 7) is 6.94. The van der Waals surface area contributed by atoms with Crippen LogP contribution in [-0.4, -0.2) is 35.4 Å². The minimum atomic E-state index is -0.864. The molecule has 1 unspecified atom stereocenters. The van der Waals surface area contributed by atoms with Crippen molar-refractivity contribution < 1.29 is 4.39 Å². The first-order valence-corrected chi connectivity index (χ1v) is 12.5. The van der Waals surface area contributed by atoms with Crippen molar-refractivity contribution in [1.82, 2.24) is 25.9 Å². The largest absolute Gasteiger partial charge is 0.383 e. The molecule has 1 atom stereocenters. The molecule has 3 heterocycles. The van der Waals surface area contributed by atoms with Crippen LogP contribution in [0.5, 0.6) is 0 Å². The number of nitriles is 2. The van der Waals surface area contributed by atoms with Gasteiger partial charge in [-0.1, -0.05) is 26.8 Å². The van der Waals surface area contributed by atoms with E-state index in [0.717, 1.165) is 24.1 Å². The molecule has 1 aliphatic heterocycles. The predicted molar refractivity (Wildman–Crippen MR) is 146 cm³/mol. The summed E-state index contributed by atoms with van der Waals surface area (Å²) >= 11 is 0. The lowest BCUT2D eigenvalue weighted by atomic mass is 9.70. The van der Waals surface area contributed by atoms with Gasteiger partial charge in [-0.15, -0.1) is 5.53 Å². The average Bonchev–Trinajstić information content (AvgIpc) is 3.62. The maximum absolute atomic E-state index is 13.7. The molecule has 3 aromatic rings. The van der Waals surface area contributed by atoms with Gasteiger partial charge in [-0.25, -0.2) is 4.98 Å². The standard InChI is InChI=1S/C27H29BFN9/c1-26(2,3)15-34-25-17(11-31)12-33-24-16(10-30)8-19(9-21(24)25)35-27(28,18-4-7-23(29)32-13-18)22-14-38(37-36-22)20-5-6-20/h4,7-9,12-14,20,35-37H,5-6,15,28H2,1-3H3,(H,33,34). The van der Waals surface area contributed by atoms with Crippen LogP contribution in [0.1, 0.15) is 50.3 Å². The highest BCUT2D eigenvalue weighted by molar-refractivity contribution is 6.19. The molecule has 0 amide bonds. The van der Waals surface area contributed by atoms with E-state index in [1.165, 1.54) is 18.5 Å². The van der Waals surface area contributed by atoms with Gasteiger partial charge < -0.3 is 16.1 Å². The van der Waals surface area contributed by atoms with Crippen molar-refractivity contribution in [2.45, 2.75) is 45.1 Å². The maximum atomic E-state index is 13.7. The molecule has 4 N–H and O–H groups in total. The van der Waals surface area contributed by atoms with Gasteiger partial charge in [0.1, 0.15) is 20.0 Å². The molecule has 5 rings (SSSR count). The smallest absolute Gasteiger partial charge is 0.212 e. The quantitative estimate of drug-likeness (QED) is 0.281. The van der Waals surface area contributed by atoms with Gasteiger partial charge in [0, 0.05) is 42.3 Å². The zero-order chi connectivity index (χ0) is 27.1. The summed E-state index contributed by atoms with van der Waals surface area (Å²) in [7, 11) is 1.97. The van der Waals surface area contributed by atoms with E-state index in [9.17, 15) is 14.9 Å². The Morgan fingerprint density at radius 3 is 2.53 bits per heavy atom. The Balaban J connectivity index is 1.63. The fraction of sp³-hybridized carbons (Fsp3) is 0.333. The van der Waals surface area contributed by atoms with Crippen molar-refractivity contribution >= 4 is 30.1 Å². The third-order valence-electron chi connectivity index (χ3n) is 6.77. The van der Waals surface area contributed by atoms with E-state index in [1.54, 1.807) is 12.1 Å². The molecule has 1 aromatic carbocycles. The predicted octanol–water partition coefficient (Wildman–Crippen LogP) is 3.20. The Morgan fingerprint density at radius 2 is 1.89 bits per heavy atom. The number of hydrogen-bond donors (Lipinski definition) is 4. The van der Waals surface area contributed by atoms with Crippen molar-refractivity contribution in [1.29, 1.82) is 10.5 Å². The summed E-state index contributed by atoms with van der Waals surface area (Å²) in [4.78, 5) is 8.33. The van der Waals surface area contributed by atoms with Crippen molar-refractivity contribution in [3.8, 4) is 12.1 Å². The van der Waals surface area contributed by atoms with Gasteiger partial charge in [0.05, 0.1) is 33.5 Å². The Hall–Kier alpha value is -4.35. The number of aromatic nitrogens is 2. The minimum absolute atomic E-state index is 0.0363. The Kier molecular flexibility index (Phi) is 6.33. The van der Waals surface area contributed by atoms with Gasteiger partial charge in [-0.2, -0.15) is 14.9 Å². The van der Waals surface area contributed by atoms with E-state index in [0.29, 0.717) is 46.0 Å². The highest BCUT2D eigenvalue weighted by Gasteiger charge is 2.38. The van der Waals surface area contributed by atoms with E-state index in [1.807, 2.05) is 25.1 Å². The van der Waals surface area contributed by atoms with Crippen molar-refractivity contribution in [2.24, 2.45) is 5.41 Å². The first kappa shape index (κ1) is 25.3. The van der Waals surface area contributed by atoms with Gasteiger partial charge in [0.25, 0.3) is 0 Å². The number of hydrogen-bond acceptors (Lipinski definition) is 9. The van der Waals surface area contributed by atoms with Crippen LogP contribution in [0.25, 0.3) is 10.9 Å². The van der Waals surface area contributed by atoms with Crippen LogP contribution in [0.3, 0.4) is 0 Å². The van der Waals surface area contributed by atoms with E-state index in [-0.39, 0.29) is 5.41 Å². The molecular weight excluding hydrogens is 480 g/mol. The number of nitrogens with zero attached hydrogens (tertiary/aromatic N) is 5. The lowest BCUT2D eigenvalue weighted by molar-refractivity contribution is 0.260. The first-order chi connectivity index (χ1) is 18.1. The van der Waals surface area contributed by atoms with Crippen LogP contribution in [0.15, 0.2) is 48.6 Å². The minimum Gasteiger partial charge on any atom is -0.383 e. The topological polar surface area (TPSA) is 125 Å². The van der Waals surface area contributed by atoms with Crippen LogP contribution >= 0.6 is 0 Å². The Morgan fingerprint density at radius 1 is 1.13 bits per heavy atom. The van der Waals surface area contributed by atoms with Crippen LogP contribution in [0.2, 0.25) is 0 Å². The number of benzene rings is 1. The normalized spacial score (nSPS) is 16.7. The second-order valence-electron chi connectivity index (χ2n) is 11.1. The molecule has 1 aliphatic carbocycles. The van der Waals surface area contributed by atoms with E-state index >= 15 is 0 Å². The van der Waals surface area contributed by atoms with E-state index < -0.39 is 11.4 Å². The SMILES string of the molecule is BC(Nc1cc(C#N)c2ncc(C#N)c(NCC(C)(C)C)c2c1)(C1=CN(C2CC2)NN1)c1ccc(F)nc1. The van der Waals surface area contributed by atoms with Crippen molar-refractivity contribution in [3.05, 3.63) is 71.2 Å². The summed E-state index contributed by atoms with van der Waals surface area (Å²) in [6, 6.07) is 11.6. The number of nitrogens with one attached hydrogen (secondary N) is 4. The fourth-order valence-electron chi connectivity index (χ4n) is 4.48. The van der Waals surface area contributed by atoms with E-state index in [2.05, 4.69) is 64.5 Å². The Bertz CT molecular complexity index is 1500. The third kappa shape index (κ3) is 4.93. The molecule has 0 radical (unpaired) electrons. The molecular formula is C27H29BFN9. The van der Waals surface area contributed by atoms with Crippen LogP contribution in [-0.2, 0) is 5.44 Å². The van der Waals surface area contributed by atoms with Gasteiger partial charge in [0.2, 0.25) is 5.95 Å². The molecule has 192 valence electrons. The zero-order valence-electron chi connectivity index (χ0n) is 21.9. The monoisotopic (exact) mass is 509 g/mol. The molecule has 38 heavy (non-hydrogen) atoms. The number of hydrazine groups is 2. The van der Waals surface area contributed by atoms with Crippen LogP contribution in [0.4, 0.5) is 15.8 Å². The molecule has 1 saturated carbocycles. The van der Waals surface area contributed by atoms with Crippen LogP contribution in [0, 0.1) is 34.0 Å². The maximum Gasteiger partial charge on any atom is 0.212 e. The molecule has 1 fully saturated rings. The summed E-state index contributed by atoms with van der Waals surface area (Å²) in [5, 5.41) is 29.5. The number of halogens is 1. The molecule has 2 aliphatic rings. The third-order valence-corrected chi connectivity index (χ3v) is 6.77. The van der Waals surface area contributed by atoms with Gasteiger partial charge in [-0.3, -0.25) is 9.99 Å². The molecule has 0 saturated heterocycles. The molecule has 0 spiro atoms. The van der Waals surface area contributed by atoms with Gasteiger partial charge in [-0.05, 0) is 42.0 Å². The average molecular weight is 509 g/mol. The van der Waals surface area contributed by atoms with Gasteiger partial charge >= 0.3 is 0 Å². The van der Waals surface area contributed by atoms with Gasteiger partial charge in [0.15, 0.2) is 0 Å².